The zero-order chi connectivity index (χ0) is 27.6. The number of aryl methyl sites for hydroxylation is 1. The highest BCUT2D eigenvalue weighted by atomic mass is 32.2. The Morgan fingerprint density at radius 1 is 1.00 bits per heavy atom. The summed E-state index contributed by atoms with van der Waals surface area (Å²) in [5.74, 6) is -2.11. The number of halogens is 2. The van der Waals surface area contributed by atoms with Gasteiger partial charge in [0, 0.05) is 35.2 Å². The average molecular weight is 541 g/mol. The first-order valence-electron chi connectivity index (χ1n) is 12.0. The van der Waals surface area contributed by atoms with E-state index in [4.69, 9.17) is 4.74 Å². The van der Waals surface area contributed by atoms with E-state index in [0.717, 1.165) is 12.1 Å². The van der Waals surface area contributed by atoms with Crippen LogP contribution in [0.15, 0.2) is 65.6 Å². The molecule has 0 unspecified atom stereocenters. The third-order valence-corrected chi connectivity index (χ3v) is 7.27. The molecule has 0 saturated carbocycles. The molecule has 0 saturated heterocycles. The van der Waals surface area contributed by atoms with Crippen LogP contribution >= 0.6 is 0 Å². The second-order valence-electron chi connectivity index (χ2n) is 8.78. The predicted octanol–water partition coefficient (Wildman–Crippen LogP) is 6.11. The second-order valence-corrected chi connectivity index (χ2v) is 10.8. The van der Waals surface area contributed by atoms with Crippen LogP contribution in [0.1, 0.15) is 42.6 Å². The molecular formula is C28H26F2N2O5S. The molecule has 10 heteroatoms. The SMILES string of the molecule is CCCC(=O)c1ccc2c(=O)c(C)cn(-c3cc(NS(=O)(=O)CC)ccc3Oc3ccc(F)cc3F)c2c1. The third kappa shape index (κ3) is 5.60. The summed E-state index contributed by atoms with van der Waals surface area (Å²) >= 11 is 0. The van der Waals surface area contributed by atoms with E-state index in [1.807, 2.05) is 6.92 Å². The number of Topliss-reactive ketones (excluding diaryl/α,β-unsaturated/α-hetero) is 1. The monoisotopic (exact) mass is 540 g/mol. The lowest BCUT2D eigenvalue weighted by Crippen LogP contribution is -2.16. The molecule has 0 aliphatic heterocycles. The van der Waals surface area contributed by atoms with Crippen molar-refractivity contribution in [2.45, 2.75) is 33.6 Å². The zero-order valence-electron chi connectivity index (χ0n) is 21.0. The first-order chi connectivity index (χ1) is 18.0. The average Bonchev–Trinajstić information content (AvgIpc) is 2.88. The summed E-state index contributed by atoms with van der Waals surface area (Å²) in [6.45, 7) is 5.00. The summed E-state index contributed by atoms with van der Waals surface area (Å²) in [7, 11) is -3.63. The molecule has 198 valence electrons. The third-order valence-electron chi connectivity index (χ3n) is 5.97. The lowest BCUT2D eigenvalue weighted by atomic mass is 10.0. The first-order valence-corrected chi connectivity index (χ1v) is 13.6. The number of rotatable bonds is 9. The van der Waals surface area contributed by atoms with E-state index in [9.17, 15) is 26.8 Å². The van der Waals surface area contributed by atoms with E-state index in [0.29, 0.717) is 40.9 Å². The Labute approximate surface area is 218 Å². The summed E-state index contributed by atoms with van der Waals surface area (Å²) in [5.41, 5.74) is 1.40. The number of ether oxygens (including phenoxy) is 1. The minimum Gasteiger partial charge on any atom is -0.452 e. The zero-order valence-corrected chi connectivity index (χ0v) is 21.9. The molecule has 0 atom stereocenters. The number of fused-ring (bicyclic) bond motifs is 1. The Morgan fingerprint density at radius 3 is 2.42 bits per heavy atom. The van der Waals surface area contributed by atoms with Gasteiger partial charge in [-0.05, 0) is 62.7 Å². The fourth-order valence-corrected chi connectivity index (χ4v) is 4.62. The van der Waals surface area contributed by atoms with Crippen molar-refractivity contribution >= 4 is 32.4 Å². The quantitative estimate of drug-likeness (QED) is 0.258. The van der Waals surface area contributed by atoms with Gasteiger partial charge in [0.05, 0.1) is 22.6 Å². The molecule has 0 radical (unpaired) electrons. The minimum atomic E-state index is -3.63. The van der Waals surface area contributed by atoms with E-state index in [1.165, 1.54) is 25.1 Å². The molecule has 3 aromatic carbocycles. The molecule has 1 aromatic heterocycles. The van der Waals surface area contributed by atoms with Gasteiger partial charge in [-0.25, -0.2) is 17.2 Å². The van der Waals surface area contributed by atoms with E-state index in [-0.39, 0.29) is 39.8 Å². The van der Waals surface area contributed by atoms with Crippen LogP contribution in [0.2, 0.25) is 0 Å². The first kappa shape index (κ1) is 27.0. The van der Waals surface area contributed by atoms with Crippen LogP contribution in [0.4, 0.5) is 14.5 Å². The predicted molar refractivity (Wildman–Crippen MR) is 143 cm³/mol. The molecule has 0 aliphatic rings. The summed E-state index contributed by atoms with van der Waals surface area (Å²) < 4.78 is 62.3. The standard InChI is InChI=1S/C28H26F2N2O5S/c1-4-6-25(33)18-7-10-21-23(13-18)32(16-17(3)28(21)34)24-15-20(31-38(35,36)5-2)9-12-27(24)37-26-11-8-19(29)14-22(26)30/h7-16,31H,4-6H2,1-3H3. The van der Waals surface area contributed by atoms with E-state index >= 15 is 0 Å². The number of carbonyl (C=O) groups excluding carboxylic acids is 1. The number of nitrogens with one attached hydrogen (secondary N) is 1. The van der Waals surface area contributed by atoms with Crippen LogP contribution < -0.4 is 14.9 Å². The maximum Gasteiger partial charge on any atom is 0.232 e. The lowest BCUT2D eigenvalue weighted by molar-refractivity contribution is 0.0982. The van der Waals surface area contributed by atoms with Crippen molar-refractivity contribution in [3.63, 3.8) is 0 Å². The molecule has 0 bridgehead atoms. The van der Waals surface area contributed by atoms with E-state index in [2.05, 4.69) is 4.72 Å². The van der Waals surface area contributed by atoms with Crippen LogP contribution in [0, 0.1) is 18.6 Å². The maximum atomic E-state index is 14.5. The van der Waals surface area contributed by atoms with Gasteiger partial charge in [-0.2, -0.15) is 0 Å². The number of aromatic nitrogens is 1. The van der Waals surface area contributed by atoms with Gasteiger partial charge in [0.25, 0.3) is 0 Å². The van der Waals surface area contributed by atoms with Crippen LogP contribution in [-0.2, 0) is 10.0 Å². The summed E-state index contributed by atoms with van der Waals surface area (Å²) in [4.78, 5) is 25.6. The topological polar surface area (TPSA) is 94.5 Å². The van der Waals surface area contributed by atoms with Gasteiger partial charge in [-0.1, -0.05) is 13.0 Å². The molecule has 4 aromatic rings. The number of pyridine rings is 1. The number of carbonyl (C=O) groups is 1. The van der Waals surface area contributed by atoms with E-state index < -0.39 is 21.7 Å². The highest BCUT2D eigenvalue weighted by Gasteiger charge is 2.18. The molecule has 0 amide bonds. The Bertz CT molecular complexity index is 1710. The lowest BCUT2D eigenvalue weighted by Gasteiger charge is -2.19. The van der Waals surface area contributed by atoms with Crippen LogP contribution in [0.5, 0.6) is 11.5 Å². The molecule has 0 spiro atoms. The van der Waals surface area contributed by atoms with Crippen molar-refractivity contribution in [2.24, 2.45) is 0 Å². The van der Waals surface area contributed by atoms with Crippen molar-refractivity contribution in [3.8, 4) is 17.2 Å². The Kier molecular flexibility index (Phi) is 7.63. The highest BCUT2D eigenvalue weighted by Crippen LogP contribution is 2.34. The van der Waals surface area contributed by atoms with Gasteiger partial charge in [-0.15, -0.1) is 0 Å². The Hall–Kier alpha value is -4.05. The number of nitrogens with zero attached hydrogens (tertiary/aromatic N) is 1. The fourth-order valence-electron chi connectivity index (χ4n) is 3.98. The number of sulfonamides is 1. The molecule has 0 aliphatic carbocycles. The van der Waals surface area contributed by atoms with Gasteiger partial charge in [0.1, 0.15) is 5.82 Å². The number of benzene rings is 3. The number of hydrogen-bond donors (Lipinski definition) is 1. The van der Waals surface area contributed by atoms with Crippen molar-refractivity contribution in [3.05, 3.63) is 93.8 Å². The molecule has 1 N–H and O–H groups in total. The van der Waals surface area contributed by atoms with Crippen LogP contribution in [-0.4, -0.2) is 24.5 Å². The largest absolute Gasteiger partial charge is 0.452 e. The summed E-state index contributed by atoms with van der Waals surface area (Å²) in [5, 5.41) is 0.330. The molecule has 38 heavy (non-hydrogen) atoms. The van der Waals surface area contributed by atoms with Crippen molar-refractivity contribution in [1.29, 1.82) is 0 Å². The van der Waals surface area contributed by atoms with Crippen LogP contribution in [0.25, 0.3) is 16.6 Å². The van der Waals surface area contributed by atoms with Crippen molar-refractivity contribution < 1.29 is 26.7 Å². The van der Waals surface area contributed by atoms with Gasteiger partial charge in [0.15, 0.2) is 28.5 Å². The number of anilines is 1. The Balaban J connectivity index is 1.99. The fraction of sp³-hybridized carbons (Fsp3) is 0.214. The summed E-state index contributed by atoms with van der Waals surface area (Å²) in [6, 6.07) is 12.0. The maximum absolute atomic E-state index is 14.5. The van der Waals surface area contributed by atoms with Crippen molar-refractivity contribution in [1.82, 2.24) is 4.57 Å². The minimum absolute atomic E-state index is 0.0942. The summed E-state index contributed by atoms with van der Waals surface area (Å²) in [6.07, 6.45) is 2.52. The second kappa shape index (κ2) is 10.7. The molecular weight excluding hydrogens is 514 g/mol. The smallest absolute Gasteiger partial charge is 0.232 e. The molecule has 1 heterocycles. The molecule has 0 fully saturated rings. The highest BCUT2D eigenvalue weighted by molar-refractivity contribution is 7.92. The van der Waals surface area contributed by atoms with Gasteiger partial charge in [0.2, 0.25) is 10.0 Å². The normalized spacial score (nSPS) is 11.5. The van der Waals surface area contributed by atoms with Gasteiger partial charge >= 0.3 is 0 Å². The molecule has 4 rings (SSSR count). The van der Waals surface area contributed by atoms with Crippen LogP contribution in [0.3, 0.4) is 0 Å². The number of ketones is 1. The van der Waals surface area contributed by atoms with Gasteiger partial charge in [-0.3, -0.25) is 14.3 Å². The van der Waals surface area contributed by atoms with Crippen molar-refractivity contribution in [2.75, 3.05) is 10.5 Å². The number of hydrogen-bond acceptors (Lipinski definition) is 5. The van der Waals surface area contributed by atoms with E-state index in [1.54, 1.807) is 35.9 Å². The Morgan fingerprint density at radius 2 is 1.74 bits per heavy atom. The molecule has 7 nitrogen and oxygen atoms in total. The van der Waals surface area contributed by atoms with Gasteiger partial charge < -0.3 is 9.30 Å².